The average Bonchev–Trinajstić information content (AvgIpc) is 2.30. The van der Waals surface area contributed by atoms with Crippen LogP contribution in [0.5, 0.6) is 0 Å². The van der Waals surface area contributed by atoms with Gasteiger partial charge in [0.05, 0.1) is 17.0 Å². The van der Waals surface area contributed by atoms with Crippen molar-refractivity contribution in [3.8, 4) is 0 Å². The van der Waals surface area contributed by atoms with Crippen molar-refractivity contribution in [1.82, 2.24) is 0 Å². The van der Waals surface area contributed by atoms with Crippen molar-refractivity contribution in [3.63, 3.8) is 0 Å². The van der Waals surface area contributed by atoms with E-state index in [1.54, 1.807) is 6.07 Å². The Balaban J connectivity index is 2.23. The molecule has 6 N–H and O–H groups in total. The van der Waals surface area contributed by atoms with Gasteiger partial charge in [0.15, 0.2) is 0 Å². The van der Waals surface area contributed by atoms with Crippen molar-refractivity contribution in [2.45, 2.75) is 42.7 Å². The first-order valence-corrected chi connectivity index (χ1v) is 7.79. The van der Waals surface area contributed by atoms with Gasteiger partial charge in [-0.3, -0.25) is 0 Å². The van der Waals surface area contributed by atoms with Crippen LogP contribution in [0.15, 0.2) is 23.1 Å². The number of benzene rings is 1. The van der Waals surface area contributed by atoms with Gasteiger partial charge in [0.25, 0.3) is 0 Å². The van der Waals surface area contributed by atoms with Gasteiger partial charge in [0.1, 0.15) is 0 Å². The zero-order valence-electron chi connectivity index (χ0n) is 10.5. The molecule has 1 aromatic rings. The average molecular weight is 285 g/mol. The molecule has 7 heteroatoms. The van der Waals surface area contributed by atoms with E-state index in [0.29, 0.717) is 11.4 Å². The van der Waals surface area contributed by atoms with Crippen molar-refractivity contribution in [2.75, 3.05) is 11.1 Å². The number of nitrogens with one attached hydrogen (secondary N) is 1. The normalized spacial score (nSPS) is 24.1. The largest absolute Gasteiger partial charge is 0.399 e. The highest BCUT2D eigenvalue weighted by Gasteiger charge is 2.23. The van der Waals surface area contributed by atoms with E-state index in [4.69, 9.17) is 10.9 Å². The standard InChI is InChI=1S/C12H19N3O3S/c13-8-5-9(7-10(6-8)19(14,17)18)15-11-3-1-2-4-12(11)16/h5-7,11-12,15-16H,1-4,13H2,(H2,14,17,18). The highest BCUT2D eigenvalue weighted by Crippen LogP contribution is 2.25. The molecule has 2 rings (SSSR count). The van der Waals surface area contributed by atoms with Crippen LogP contribution >= 0.6 is 0 Å². The van der Waals surface area contributed by atoms with Crippen LogP contribution in [0.3, 0.4) is 0 Å². The molecule has 6 nitrogen and oxygen atoms in total. The Morgan fingerprint density at radius 1 is 1.21 bits per heavy atom. The van der Waals surface area contributed by atoms with Crippen molar-refractivity contribution >= 4 is 21.4 Å². The van der Waals surface area contributed by atoms with Crippen LogP contribution in [0, 0.1) is 0 Å². The van der Waals surface area contributed by atoms with Gasteiger partial charge in [0.2, 0.25) is 10.0 Å². The summed E-state index contributed by atoms with van der Waals surface area (Å²) in [6, 6.07) is 4.31. The van der Waals surface area contributed by atoms with Crippen LogP contribution in [0.25, 0.3) is 0 Å². The minimum Gasteiger partial charge on any atom is -0.399 e. The number of rotatable bonds is 3. The van der Waals surface area contributed by atoms with Crippen LogP contribution in [-0.4, -0.2) is 25.7 Å². The molecule has 0 heterocycles. The number of aliphatic hydroxyl groups is 1. The van der Waals surface area contributed by atoms with E-state index >= 15 is 0 Å². The number of hydrogen-bond donors (Lipinski definition) is 4. The molecule has 0 bridgehead atoms. The maximum absolute atomic E-state index is 11.3. The Bertz CT molecular complexity index is 559. The summed E-state index contributed by atoms with van der Waals surface area (Å²) in [5.41, 5.74) is 6.56. The fraction of sp³-hybridized carbons (Fsp3) is 0.500. The van der Waals surface area contributed by atoms with Gasteiger partial charge < -0.3 is 16.2 Å². The zero-order valence-corrected chi connectivity index (χ0v) is 11.4. The Kier molecular flexibility index (Phi) is 3.98. The van der Waals surface area contributed by atoms with E-state index < -0.39 is 16.1 Å². The summed E-state index contributed by atoms with van der Waals surface area (Å²) in [6.07, 6.45) is 3.23. The second kappa shape index (κ2) is 5.36. The number of hydrogen-bond acceptors (Lipinski definition) is 5. The van der Waals surface area contributed by atoms with E-state index in [1.807, 2.05) is 0 Å². The van der Waals surface area contributed by atoms with Crippen molar-refractivity contribution in [2.24, 2.45) is 5.14 Å². The Labute approximate surface area is 112 Å². The summed E-state index contributed by atoms with van der Waals surface area (Å²) in [7, 11) is -3.78. The molecule has 2 atom stereocenters. The predicted molar refractivity (Wildman–Crippen MR) is 74.1 cm³/mol. The predicted octanol–water partition coefficient (Wildman–Crippen LogP) is 0.632. The van der Waals surface area contributed by atoms with Gasteiger partial charge in [-0.05, 0) is 31.0 Å². The third-order valence-corrected chi connectivity index (χ3v) is 4.23. The maximum Gasteiger partial charge on any atom is 0.238 e. The highest BCUT2D eigenvalue weighted by atomic mass is 32.2. The molecule has 19 heavy (non-hydrogen) atoms. The van der Waals surface area contributed by atoms with Crippen LogP contribution in [0.1, 0.15) is 25.7 Å². The van der Waals surface area contributed by atoms with E-state index in [2.05, 4.69) is 5.32 Å². The second-order valence-corrected chi connectivity index (χ2v) is 6.50. The molecule has 0 amide bonds. The lowest BCUT2D eigenvalue weighted by molar-refractivity contribution is 0.116. The Hall–Kier alpha value is -1.31. The minimum atomic E-state index is -3.78. The van der Waals surface area contributed by atoms with Gasteiger partial charge in [-0.25, -0.2) is 13.6 Å². The highest BCUT2D eigenvalue weighted by molar-refractivity contribution is 7.89. The van der Waals surface area contributed by atoms with Gasteiger partial charge >= 0.3 is 0 Å². The van der Waals surface area contributed by atoms with Gasteiger partial charge in [-0.2, -0.15) is 0 Å². The first kappa shape index (κ1) is 14.1. The summed E-state index contributed by atoms with van der Waals surface area (Å²) in [5.74, 6) is 0. The lowest BCUT2D eigenvalue weighted by Gasteiger charge is -2.29. The number of anilines is 2. The van der Waals surface area contributed by atoms with E-state index in [-0.39, 0.29) is 10.9 Å². The minimum absolute atomic E-state index is 0.0275. The number of nitrogen functional groups attached to an aromatic ring is 1. The third kappa shape index (κ3) is 3.59. The quantitative estimate of drug-likeness (QED) is 0.607. The molecule has 1 fully saturated rings. The summed E-state index contributed by atoms with van der Waals surface area (Å²) >= 11 is 0. The first-order chi connectivity index (χ1) is 8.86. The lowest BCUT2D eigenvalue weighted by Crippen LogP contribution is -2.36. The molecule has 1 aliphatic carbocycles. The van der Waals surface area contributed by atoms with Crippen LogP contribution in [0.2, 0.25) is 0 Å². The topological polar surface area (TPSA) is 118 Å². The number of aliphatic hydroxyl groups excluding tert-OH is 1. The first-order valence-electron chi connectivity index (χ1n) is 6.24. The van der Waals surface area contributed by atoms with Crippen molar-refractivity contribution in [1.29, 1.82) is 0 Å². The number of sulfonamides is 1. The molecule has 1 aliphatic rings. The molecule has 0 radical (unpaired) electrons. The van der Waals surface area contributed by atoms with Crippen LogP contribution in [-0.2, 0) is 10.0 Å². The molecule has 0 saturated heterocycles. The molecule has 1 aromatic carbocycles. The lowest BCUT2D eigenvalue weighted by atomic mass is 9.92. The molecule has 0 aliphatic heterocycles. The van der Waals surface area contributed by atoms with Gasteiger partial charge in [-0.15, -0.1) is 0 Å². The molecule has 1 saturated carbocycles. The zero-order chi connectivity index (χ0) is 14.0. The molecular formula is C12H19N3O3S. The molecule has 106 valence electrons. The van der Waals surface area contributed by atoms with Crippen LogP contribution < -0.4 is 16.2 Å². The monoisotopic (exact) mass is 285 g/mol. The summed E-state index contributed by atoms with van der Waals surface area (Å²) in [6.45, 7) is 0. The fourth-order valence-corrected chi connectivity index (χ4v) is 2.96. The second-order valence-electron chi connectivity index (χ2n) is 4.94. The number of primary sulfonamides is 1. The Morgan fingerprint density at radius 2 is 1.89 bits per heavy atom. The van der Waals surface area contributed by atoms with E-state index in [9.17, 15) is 13.5 Å². The molecule has 0 aromatic heterocycles. The third-order valence-electron chi connectivity index (χ3n) is 3.34. The maximum atomic E-state index is 11.3. The number of nitrogens with two attached hydrogens (primary N) is 2. The summed E-state index contributed by atoms with van der Waals surface area (Å²) in [4.78, 5) is -0.0275. The SMILES string of the molecule is Nc1cc(NC2CCCCC2O)cc(S(N)(=O)=O)c1. The molecule has 2 unspecified atom stereocenters. The van der Waals surface area contributed by atoms with Gasteiger partial charge in [0, 0.05) is 11.4 Å². The summed E-state index contributed by atoms with van der Waals surface area (Å²) < 4.78 is 22.7. The van der Waals surface area contributed by atoms with Crippen molar-refractivity contribution in [3.05, 3.63) is 18.2 Å². The molecule has 0 spiro atoms. The van der Waals surface area contributed by atoms with Crippen molar-refractivity contribution < 1.29 is 13.5 Å². The fourth-order valence-electron chi connectivity index (χ4n) is 2.36. The van der Waals surface area contributed by atoms with Crippen LogP contribution in [0.4, 0.5) is 11.4 Å². The van der Waals surface area contributed by atoms with E-state index in [1.165, 1.54) is 12.1 Å². The Morgan fingerprint density at radius 3 is 2.53 bits per heavy atom. The molecular weight excluding hydrogens is 266 g/mol. The van der Waals surface area contributed by atoms with Gasteiger partial charge in [-0.1, -0.05) is 12.8 Å². The smallest absolute Gasteiger partial charge is 0.238 e. The summed E-state index contributed by atoms with van der Waals surface area (Å²) in [5, 5.41) is 18.1. The van der Waals surface area contributed by atoms with E-state index in [0.717, 1.165) is 25.7 Å².